The van der Waals surface area contributed by atoms with Gasteiger partial charge in [-0.1, -0.05) is 30.3 Å². The summed E-state index contributed by atoms with van der Waals surface area (Å²) in [5, 5.41) is 2.68. The number of piperazine rings is 1. The van der Waals surface area contributed by atoms with Crippen molar-refractivity contribution >= 4 is 29.5 Å². The lowest BCUT2D eigenvalue weighted by molar-refractivity contribution is -0.119. The summed E-state index contributed by atoms with van der Waals surface area (Å²) in [6.45, 7) is 4.45. The SMILES string of the molecule is CC(=O)NC[C@H]1CN(c2ccc3c(c2)OC[C@H]2CN(C(=O)OCc4ccccc4)CCN32)C(=O)O1. The Bertz CT molecular complexity index is 1110. The smallest absolute Gasteiger partial charge is 0.414 e. The zero-order chi connectivity index (χ0) is 24.4. The molecule has 10 nitrogen and oxygen atoms in total. The molecule has 2 atom stereocenters. The number of rotatable bonds is 5. The predicted molar refractivity (Wildman–Crippen MR) is 128 cm³/mol. The first-order valence-electron chi connectivity index (χ1n) is 11.7. The average molecular weight is 481 g/mol. The number of nitrogens with one attached hydrogen (secondary N) is 1. The van der Waals surface area contributed by atoms with E-state index in [0.717, 1.165) is 11.3 Å². The third-order valence-electron chi connectivity index (χ3n) is 6.39. The van der Waals surface area contributed by atoms with Crippen LogP contribution in [0.1, 0.15) is 12.5 Å². The van der Waals surface area contributed by atoms with Crippen LogP contribution in [0.4, 0.5) is 21.0 Å². The molecule has 2 aromatic carbocycles. The molecule has 1 N–H and O–H groups in total. The third-order valence-corrected chi connectivity index (χ3v) is 6.39. The maximum absolute atomic E-state index is 12.6. The second-order valence-corrected chi connectivity index (χ2v) is 8.85. The molecule has 35 heavy (non-hydrogen) atoms. The molecule has 0 saturated carbocycles. The summed E-state index contributed by atoms with van der Waals surface area (Å²) in [6.07, 6.45) is -1.17. The van der Waals surface area contributed by atoms with Crippen molar-refractivity contribution in [1.29, 1.82) is 0 Å². The fraction of sp³-hybridized carbons (Fsp3) is 0.400. The Kier molecular flexibility index (Phi) is 6.35. The molecule has 10 heteroatoms. The number of cyclic esters (lactones) is 1. The van der Waals surface area contributed by atoms with E-state index >= 15 is 0 Å². The molecule has 0 bridgehead atoms. The van der Waals surface area contributed by atoms with Crippen molar-refractivity contribution in [3.05, 3.63) is 54.1 Å². The molecule has 0 aromatic heterocycles. The Labute approximate surface area is 203 Å². The molecule has 0 radical (unpaired) electrons. The maximum atomic E-state index is 12.6. The van der Waals surface area contributed by atoms with E-state index in [-0.39, 0.29) is 31.2 Å². The molecule has 2 aromatic rings. The van der Waals surface area contributed by atoms with Gasteiger partial charge in [-0.3, -0.25) is 9.69 Å². The minimum Gasteiger partial charge on any atom is -0.489 e. The summed E-state index contributed by atoms with van der Waals surface area (Å²) in [4.78, 5) is 41.6. The number of carbonyl (C=O) groups is 3. The van der Waals surface area contributed by atoms with Gasteiger partial charge >= 0.3 is 12.2 Å². The highest BCUT2D eigenvalue weighted by Crippen LogP contribution is 2.39. The van der Waals surface area contributed by atoms with Gasteiger partial charge in [-0.25, -0.2) is 9.59 Å². The molecule has 3 aliphatic heterocycles. The Morgan fingerprint density at radius 3 is 2.74 bits per heavy atom. The van der Waals surface area contributed by atoms with Crippen molar-refractivity contribution < 1.29 is 28.6 Å². The number of hydrogen-bond acceptors (Lipinski definition) is 7. The van der Waals surface area contributed by atoms with Crippen LogP contribution in [-0.2, 0) is 20.9 Å². The number of nitrogens with zero attached hydrogens (tertiary/aromatic N) is 3. The highest BCUT2D eigenvalue weighted by molar-refractivity contribution is 5.91. The van der Waals surface area contributed by atoms with Gasteiger partial charge in [-0.2, -0.15) is 0 Å². The number of ether oxygens (including phenoxy) is 3. The van der Waals surface area contributed by atoms with Crippen molar-refractivity contribution in [2.45, 2.75) is 25.7 Å². The summed E-state index contributed by atoms with van der Waals surface area (Å²) in [7, 11) is 0. The lowest BCUT2D eigenvalue weighted by Gasteiger charge is -2.45. The van der Waals surface area contributed by atoms with Gasteiger partial charge in [0, 0.05) is 32.6 Å². The maximum Gasteiger partial charge on any atom is 0.414 e. The summed E-state index contributed by atoms with van der Waals surface area (Å²) >= 11 is 0. The molecule has 0 unspecified atom stereocenters. The monoisotopic (exact) mass is 480 g/mol. The number of fused-ring (bicyclic) bond motifs is 3. The summed E-state index contributed by atoms with van der Waals surface area (Å²) < 4.78 is 16.9. The van der Waals surface area contributed by atoms with Crippen LogP contribution in [0.5, 0.6) is 5.75 Å². The van der Waals surface area contributed by atoms with Crippen LogP contribution in [0, 0.1) is 0 Å². The molecule has 5 rings (SSSR count). The normalized spacial score (nSPS) is 20.9. The summed E-state index contributed by atoms with van der Waals surface area (Å²) in [5.74, 6) is 0.526. The van der Waals surface area contributed by atoms with Crippen LogP contribution in [0.3, 0.4) is 0 Å². The highest BCUT2D eigenvalue weighted by Gasteiger charge is 2.37. The fourth-order valence-electron chi connectivity index (χ4n) is 4.60. The van der Waals surface area contributed by atoms with E-state index in [0.29, 0.717) is 44.2 Å². The molecule has 0 spiro atoms. The lowest BCUT2D eigenvalue weighted by atomic mass is 10.1. The largest absolute Gasteiger partial charge is 0.489 e. The molecule has 3 amide bonds. The van der Waals surface area contributed by atoms with Crippen LogP contribution in [0.2, 0.25) is 0 Å². The van der Waals surface area contributed by atoms with Gasteiger partial charge in [0.2, 0.25) is 5.91 Å². The Morgan fingerprint density at radius 2 is 1.94 bits per heavy atom. The topological polar surface area (TPSA) is 101 Å². The first-order valence-corrected chi connectivity index (χ1v) is 11.7. The summed E-state index contributed by atoms with van der Waals surface area (Å²) in [6, 6.07) is 15.3. The van der Waals surface area contributed by atoms with Crippen molar-refractivity contribution in [3.63, 3.8) is 0 Å². The molecular formula is C25H28N4O6. The number of hydrogen-bond donors (Lipinski definition) is 1. The zero-order valence-electron chi connectivity index (χ0n) is 19.5. The van der Waals surface area contributed by atoms with E-state index in [4.69, 9.17) is 14.2 Å². The number of anilines is 2. The van der Waals surface area contributed by atoms with Crippen LogP contribution in [-0.4, -0.2) is 74.5 Å². The van der Waals surface area contributed by atoms with Gasteiger partial charge in [0.15, 0.2) is 0 Å². The Hall–Kier alpha value is -3.95. The predicted octanol–water partition coefficient (Wildman–Crippen LogP) is 2.37. The van der Waals surface area contributed by atoms with Crippen molar-refractivity contribution in [2.75, 3.05) is 49.1 Å². The van der Waals surface area contributed by atoms with Gasteiger partial charge in [-0.15, -0.1) is 0 Å². The number of amides is 3. The first kappa shape index (κ1) is 22.8. The second-order valence-electron chi connectivity index (χ2n) is 8.85. The quantitative estimate of drug-likeness (QED) is 0.701. The molecular weight excluding hydrogens is 452 g/mol. The van der Waals surface area contributed by atoms with E-state index < -0.39 is 12.2 Å². The number of benzene rings is 2. The fourth-order valence-corrected chi connectivity index (χ4v) is 4.60. The zero-order valence-corrected chi connectivity index (χ0v) is 19.5. The molecule has 0 aliphatic carbocycles. The average Bonchev–Trinajstić information content (AvgIpc) is 3.26. The van der Waals surface area contributed by atoms with Gasteiger partial charge in [-0.05, 0) is 17.7 Å². The molecule has 2 fully saturated rings. The minimum atomic E-state index is -0.448. The van der Waals surface area contributed by atoms with Gasteiger partial charge in [0.1, 0.15) is 25.1 Å². The Balaban J connectivity index is 1.20. The van der Waals surface area contributed by atoms with Gasteiger partial charge < -0.3 is 29.3 Å². The van der Waals surface area contributed by atoms with E-state index in [1.165, 1.54) is 6.92 Å². The van der Waals surface area contributed by atoms with Crippen molar-refractivity contribution in [1.82, 2.24) is 10.2 Å². The third kappa shape index (κ3) is 4.96. The van der Waals surface area contributed by atoms with E-state index in [1.54, 1.807) is 9.80 Å². The van der Waals surface area contributed by atoms with Crippen LogP contribution in [0.25, 0.3) is 0 Å². The summed E-state index contributed by atoms with van der Waals surface area (Å²) in [5.41, 5.74) is 2.57. The Morgan fingerprint density at radius 1 is 1.11 bits per heavy atom. The van der Waals surface area contributed by atoms with Crippen LogP contribution >= 0.6 is 0 Å². The van der Waals surface area contributed by atoms with E-state index in [1.807, 2.05) is 48.5 Å². The molecule has 184 valence electrons. The second kappa shape index (κ2) is 9.73. The number of carbonyl (C=O) groups excluding carboxylic acids is 3. The van der Waals surface area contributed by atoms with E-state index in [9.17, 15) is 14.4 Å². The van der Waals surface area contributed by atoms with Crippen molar-refractivity contribution in [2.24, 2.45) is 0 Å². The van der Waals surface area contributed by atoms with Crippen molar-refractivity contribution in [3.8, 4) is 5.75 Å². The molecule has 3 heterocycles. The first-order chi connectivity index (χ1) is 17.0. The van der Waals surface area contributed by atoms with Gasteiger partial charge in [0.05, 0.1) is 30.5 Å². The lowest BCUT2D eigenvalue weighted by Crippen LogP contribution is -2.58. The van der Waals surface area contributed by atoms with Crippen LogP contribution < -0.4 is 19.9 Å². The minimum absolute atomic E-state index is 0.0187. The van der Waals surface area contributed by atoms with E-state index in [2.05, 4.69) is 10.2 Å². The highest BCUT2D eigenvalue weighted by atomic mass is 16.6. The van der Waals surface area contributed by atoms with Gasteiger partial charge in [0.25, 0.3) is 0 Å². The standard InChI is InChI=1S/C25H28N4O6/c1-17(30)26-12-21-14-29(25(32)35-21)19-7-8-22-23(11-19)33-16-20-13-27(9-10-28(20)22)24(31)34-15-18-5-3-2-4-6-18/h2-8,11,20-21H,9-10,12-16H2,1H3,(H,26,30)/t20-,21+/m1/s1. The molecule has 2 saturated heterocycles. The molecule has 3 aliphatic rings. The van der Waals surface area contributed by atoms with Crippen LogP contribution in [0.15, 0.2) is 48.5 Å².